The van der Waals surface area contributed by atoms with Crippen LogP contribution < -0.4 is 0 Å². The van der Waals surface area contributed by atoms with Gasteiger partial charge in [-0.2, -0.15) is 0 Å². The lowest BCUT2D eigenvalue weighted by Crippen LogP contribution is -2.80. The molecule has 0 bridgehead atoms. The molecule has 0 amide bonds. The van der Waals surface area contributed by atoms with Crippen LogP contribution in [0.4, 0.5) is 0 Å². The second-order valence-corrected chi connectivity index (χ2v) is 9.51. The summed E-state index contributed by atoms with van der Waals surface area (Å²) in [6.45, 7) is 17.0. The van der Waals surface area contributed by atoms with Crippen molar-refractivity contribution in [2.75, 3.05) is 52.5 Å². The molecule has 1 spiro atoms. The maximum Gasteiger partial charge on any atom is 0.0635 e. The van der Waals surface area contributed by atoms with Crippen molar-refractivity contribution in [3.63, 3.8) is 0 Å². The third-order valence-corrected chi connectivity index (χ3v) is 5.81. The highest BCUT2D eigenvalue weighted by atomic mass is 16.5. The average molecular weight is 344 g/mol. The normalized spacial score (nSPS) is 27.9. The van der Waals surface area contributed by atoms with Crippen LogP contribution >= 0.6 is 0 Å². The van der Waals surface area contributed by atoms with Crippen molar-refractivity contribution in [1.82, 2.24) is 14.7 Å². The summed E-state index contributed by atoms with van der Waals surface area (Å²) >= 11 is 0. The predicted molar refractivity (Wildman–Crippen MR) is 102 cm³/mol. The van der Waals surface area contributed by atoms with E-state index in [-0.39, 0.29) is 0 Å². The van der Waals surface area contributed by atoms with E-state index in [1.807, 2.05) is 0 Å². The summed E-state index contributed by atoms with van der Waals surface area (Å²) < 4.78 is 5.82. The lowest BCUT2D eigenvalue weighted by molar-refractivity contribution is -0.170. The van der Waals surface area contributed by atoms with Crippen LogP contribution in [-0.4, -0.2) is 78.8 Å². The minimum atomic E-state index is 0.340. The molecule has 3 aliphatic rings. The average Bonchev–Trinajstić information content (AvgIpc) is 2.53. The Labute approximate surface area is 152 Å². The lowest BCUT2D eigenvalue weighted by atomic mass is 9.80. The van der Waals surface area contributed by atoms with Crippen LogP contribution in [0.5, 0.6) is 0 Å². The SMILES string of the molecule is CC(C)(C)CN1CC2(CN(Cc3ccccc3)CC3COCCN32)C1. The largest absolute Gasteiger partial charge is 0.378 e. The minimum absolute atomic E-state index is 0.340. The fraction of sp³-hybridized carbons (Fsp3) is 0.714. The van der Waals surface area contributed by atoms with Crippen LogP contribution in [0.3, 0.4) is 0 Å². The fourth-order valence-corrected chi connectivity index (χ4v) is 5.11. The molecule has 0 aliphatic carbocycles. The van der Waals surface area contributed by atoms with Crippen molar-refractivity contribution >= 4 is 0 Å². The Bertz CT molecular complexity index is 577. The standard InChI is InChI=1S/C21H33N3O/c1-20(2,3)14-23-16-21(17-23)15-22(11-18-7-5-4-6-8-18)12-19-13-25-10-9-24(19)21/h4-8,19H,9-17H2,1-3H3. The quantitative estimate of drug-likeness (QED) is 0.838. The molecule has 4 nitrogen and oxygen atoms in total. The van der Waals surface area contributed by atoms with Crippen LogP contribution in [0.15, 0.2) is 30.3 Å². The van der Waals surface area contributed by atoms with Gasteiger partial charge in [-0.1, -0.05) is 51.1 Å². The van der Waals surface area contributed by atoms with Gasteiger partial charge in [0.05, 0.1) is 18.8 Å². The van der Waals surface area contributed by atoms with Gasteiger partial charge in [0.25, 0.3) is 0 Å². The van der Waals surface area contributed by atoms with Gasteiger partial charge >= 0.3 is 0 Å². The molecule has 3 fully saturated rings. The summed E-state index contributed by atoms with van der Waals surface area (Å²) in [5.74, 6) is 0. The molecule has 25 heavy (non-hydrogen) atoms. The van der Waals surface area contributed by atoms with E-state index in [0.29, 0.717) is 17.0 Å². The zero-order valence-corrected chi connectivity index (χ0v) is 16.1. The summed E-state index contributed by atoms with van der Waals surface area (Å²) in [6.07, 6.45) is 0. The smallest absolute Gasteiger partial charge is 0.0635 e. The number of likely N-dealkylation sites (tertiary alicyclic amines) is 1. The second-order valence-electron chi connectivity index (χ2n) is 9.51. The lowest BCUT2D eigenvalue weighted by Gasteiger charge is -2.64. The number of hydrogen-bond acceptors (Lipinski definition) is 4. The van der Waals surface area contributed by atoms with Crippen molar-refractivity contribution in [3.05, 3.63) is 35.9 Å². The number of rotatable bonds is 3. The summed E-state index contributed by atoms with van der Waals surface area (Å²) in [5.41, 5.74) is 2.14. The van der Waals surface area contributed by atoms with Crippen LogP contribution in [0.1, 0.15) is 26.3 Å². The third kappa shape index (κ3) is 3.77. The summed E-state index contributed by atoms with van der Waals surface area (Å²) in [6, 6.07) is 11.5. The molecule has 1 atom stereocenters. The Balaban J connectivity index is 1.47. The molecular formula is C21H33N3O. The molecule has 1 aromatic rings. The molecule has 4 heteroatoms. The molecule has 138 valence electrons. The van der Waals surface area contributed by atoms with E-state index in [4.69, 9.17) is 4.74 Å². The zero-order chi connectivity index (χ0) is 17.5. The summed E-state index contributed by atoms with van der Waals surface area (Å²) in [5, 5.41) is 0. The van der Waals surface area contributed by atoms with E-state index in [2.05, 4.69) is 65.8 Å². The Morgan fingerprint density at radius 2 is 1.80 bits per heavy atom. The molecule has 0 radical (unpaired) electrons. The Morgan fingerprint density at radius 3 is 2.52 bits per heavy atom. The molecule has 0 saturated carbocycles. The zero-order valence-electron chi connectivity index (χ0n) is 16.1. The van der Waals surface area contributed by atoms with E-state index < -0.39 is 0 Å². The van der Waals surface area contributed by atoms with Gasteiger partial charge in [-0.3, -0.25) is 14.7 Å². The maximum atomic E-state index is 5.82. The second kappa shape index (κ2) is 6.66. The van der Waals surface area contributed by atoms with Gasteiger partial charge in [0.1, 0.15) is 0 Å². The van der Waals surface area contributed by atoms with Crippen molar-refractivity contribution in [2.45, 2.75) is 38.9 Å². The topological polar surface area (TPSA) is 19.0 Å². The van der Waals surface area contributed by atoms with Gasteiger partial charge in [-0.15, -0.1) is 0 Å². The van der Waals surface area contributed by atoms with Crippen LogP contribution in [0.25, 0.3) is 0 Å². The first-order valence-electron chi connectivity index (χ1n) is 9.77. The van der Waals surface area contributed by atoms with Crippen LogP contribution in [-0.2, 0) is 11.3 Å². The van der Waals surface area contributed by atoms with Gasteiger partial charge in [0.15, 0.2) is 0 Å². The van der Waals surface area contributed by atoms with Gasteiger partial charge in [0, 0.05) is 51.9 Å². The summed E-state index contributed by atoms with van der Waals surface area (Å²) in [7, 11) is 0. The highest BCUT2D eigenvalue weighted by Crippen LogP contribution is 2.37. The highest BCUT2D eigenvalue weighted by molar-refractivity contribution is 5.17. The molecule has 1 unspecified atom stereocenters. The van der Waals surface area contributed by atoms with E-state index in [1.54, 1.807) is 0 Å². The maximum absolute atomic E-state index is 5.82. The van der Waals surface area contributed by atoms with E-state index in [1.165, 1.54) is 31.7 Å². The van der Waals surface area contributed by atoms with Crippen LogP contribution in [0, 0.1) is 5.41 Å². The fourth-order valence-electron chi connectivity index (χ4n) is 5.11. The predicted octanol–water partition coefficient (Wildman–Crippen LogP) is 2.30. The van der Waals surface area contributed by atoms with Crippen molar-refractivity contribution in [3.8, 4) is 0 Å². The third-order valence-electron chi connectivity index (χ3n) is 5.81. The van der Waals surface area contributed by atoms with E-state index >= 15 is 0 Å². The minimum Gasteiger partial charge on any atom is -0.378 e. The van der Waals surface area contributed by atoms with E-state index in [0.717, 1.165) is 32.8 Å². The number of piperazine rings is 1. The first-order chi connectivity index (χ1) is 11.9. The molecule has 4 rings (SSSR count). The molecule has 3 saturated heterocycles. The molecule has 1 aromatic carbocycles. The highest BCUT2D eigenvalue weighted by Gasteiger charge is 2.54. The van der Waals surface area contributed by atoms with Crippen molar-refractivity contribution < 1.29 is 4.74 Å². The number of benzene rings is 1. The van der Waals surface area contributed by atoms with E-state index in [9.17, 15) is 0 Å². The summed E-state index contributed by atoms with van der Waals surface area (Å²) in [4.78, 5) is 8.11. The molecule has 0 aromatic heterocycles. The Hall–Kier alpha value is -0.940. The van der Waals surface area contributed by atoms with Crippen LogP contribution in [0.2, 0.25) is 0 Å². The number of morpholine rings is 1. The number of ether oxygens (including phenoxy) is 1. The first-order valence-corrected chi connectivity index (χ1v) is 9.77. The monoisotopic (exact) mass is 343 g/mol. The van der Waals surface area contributed by atoms with Gasteiger partial charge in [-0.05, 0) is 11.0 Å². The van der Waals surface area contributed by atoms with Gasteiger partial charge < -0.3 is 4.74 Å². The molecular weight excluding hydrogens is 310 g/mol. The van der Waals surface area contributed by atoms with Crippen molar-refractivity contribution in [2.24, 2.45) is 5.41 Å². The molecule has 3 heterocycles. The molecule has 0 N–H and O–H groups in total. The number of nitrogens with zero attached hydrogens (tertiary/aromatic N) is 3. The number of hydrogen-bond donors (Lipinski definition) is 0. The molecule has 3 aliphatic heterocycles. The number of fused-ring (bicyclic) bond motifs is 2. The van der Waals surface area contributed by atoms with Gasteiger partial charge in [-0.25, -0.2) is 0 Å². The van der Waals surface area contributed by atoms with Crippen molar-refractivity contribution in [1.29, 1.82) is 0 Å². The first kappa shape index (κ1) is 17.5. The Morgan fingerprint density at radius 1 is 1.08 bits per heavy atom. The Kier molecular flexibility index (Phi) is 4.65. The van der Waals surface area contributed by atoms with Gasteiger partial charge in [0.2, 0.25) is 0 Å².